The zero-order valence-electron chi connectivity index (χ0n) is 7.34. The molecule has 0 amide bonds. The van der Waals surface area contributed by atoms with Crippen LogP contribution in [0.4, 0.5) is 0 Å². The predicted molar refractivity (Wildman–Crippen MR) is 47.0 cm³/mol. The summed E-state index contributed by atoms with van der Waals surface area (Å²) in [6, 6.07) is -0.762. The van der Waals surface area contributed by atoms with Crippen molar-refractivity contribution in [2.24, 2.45) is 0 Å². The Kier molecular flexibility index (Phi) is 5.42. The summed E-state index contributed by atoms with van der Waals surface area (Å²) in [6.07, 6.45) is 0. The van der Waals surface area contributed by atoms with Crippen LogP contribution in [-0.2, 0) is 10.1 Å². The third-order valence-electron chi connectivity index (χ3n) is 1.75. The molecular formula is C6H15NO5S. The van der Waals surface area contributed by atoms with Crippen LogP contribution in [0.1, 0.15) is 6.92 Å². The van der Waals surface area contributed by atoms with Gasteiger partial charge in [-0.05, 0) is 6.92 Å². The lowest BCUT2D eigenvalue weighted by molar-refractivity contribution is 0.221. The van der Waals surface area contributed by atoms with Crippen LogP contribution in [-0.4, -0.2) is 54.2 Å². The highest BCUT2D eigenvalue weighted by atomic mass is 32.2. The lowest BCUT2D eigenvalue weighted by Gasteiger charge is -2.20. The summed E-state index contributed by atoms with van der Waals surface area (Å²) >= 11 is 0. The van der Waals surface area contributed by atoms with Gasteiger partial charge in [0.05, 0.1) is 13.2 Å². The van der Waals surface area contributed by atoms with E-state index >= 15 is 0 Å². The van der Waals surface area contributed by atoms with E-state index in [9.17, 15) is 8.42 Å². The van der Waals surface area contributed by atoms with Crippen LogP contribution in [0.15, 0.2) is 0 Å². The van der Waals surface area contributed by atoms with Crippen molar-refractivity contribution < 1.29 is 23.2 Å². The number of nitrogens with one attached hydrogen (secondary N) is 1. The molecule has 0 aromatic carbocycles. The minimum atomic E-state index is -4.15. The van der Waals surface area contributed by atoms with Gasteiger partial charge in [0.15, 0.2) is 0 Å². The first-order chi connectivity index (χ1) is 5.93. The van der Waals surface area contributed by atoms with E-state index in [0.29, 0.717) is 0 Å². The summed E-state index contributed by atoms with van der Waals surface area (Å²) in [5.74, 6) is 0. The topological polar surface area (TPSA) is 107 Å². The van der Waals surface area contributed by atoms with E-state index in [1.807, 2.05) is 0 Å². The summed E-state index contributed by atoms with van der Waals surface area (Å²) in [5, 5.41) is 18.7. The van der Waals surface area contributed by atoms with Crippen LogP contribution in [0, 0.1) is 0 Å². The minimum absolute atomic E-state index is 0.158. The molecule has 2 atom stereocenters. The van der Waals surface area contributed by atoms with E-state index in [4.69, 9.17) is 14.8 Å². The Morgan fingerprint density at radius 3 is 2.23 bits per heavy atom. The quantitative estimate of drug-likeness (QED) is 0.388. The molecule has 0 aromatic heterocycles. The van der Waals surface area contributed by atoms with Gasteiger partial charge in [0.1, 0.15) is 5.25 Å². The van der Waals surface area contributed by atoms with Gasteiger partial charge in [0.2, 0.25) is 0 Å². The van der Waals surface area contributed by atoms with E-state index in [-0.39, 0.29) is 13.2 Å². The molecule has 0 aromatic rings. The maximum absolute atomic E-state index is 10.6. The van der Waals surface area contributed by atoms with Crippen molar-refractivity contribution in [3.63, 3.8) is 0 Å². The Hall–Kier alpha value is -0.210. The van der Waals surface area contributed by atoms with Crippen LogP contribution in [0.5, 0.6) is 0 Å². The Morgan fingerprint density at radius 1 is 1.38 bits per heavy atom. The monoisotopic (exact) mass is 213 g/mol. The lowest BCUT2D eigenvalue weighted by Crippen LogP contribution is -2.45. The highest BCUT2D eigenvalue weighted by Gasteiger charge is 2.26. The number of hydrogen-bond donors (Lipinski definition) is 4. The summed E-state index contributed by atoms with van der Waals surface area (Å²) in [4.78, 5) is 0. The first kappa shape index (κ1) is 12.8. The van der Waals surface area contributed by atoms with Crippen molar-refractivity contribution in [1.82, 2.24) is 5.32 Å². The smallest absolute Gasteiger partial charge is 0.269 e. The molecule has 0 bridgehead atoms. The van der Waals surface area contributed by atoms with Crippen molar-refractivity contribution in [2.45, 2.75) is 18.2 Å². The maximum atomic E-state index is 10.6. The summed E-state index contributed by atoms with van der Waals surface area (Å²) in [6.45, 7) is 0.876. The second-order valence-corrected chi connectivity index (χ2v) is 4.46. The molecule has 0 rings (SSSR count). The van der Waals surface area contributed by atoms with Gasteiger partial charge in [-0.1, -0.05) is 0 Å². The second-order valence-electron chi connectivity index (χ2n) is 2.69. The Balaban J connectivity index is 4.24. The van der Waals surface area contributed by atoms with E-state index in [1.165, 1.54) is 6.92 Å². The number of rotatable bonds is 6. The number of aliphatic hydroxyl groups excluding tert-OH is 2. The molecule has 0 radical (unpaired) electrons. The predicted octanol–water partition coefficient (Wildman–Crippen LogP) is -1.79. The van der Waals surface area contributed by atoms with Gasteiger partial charge in [-0.2, -0.15) is 8.42 Å². The molecular weight excluding hydrogens is 198 g/mol. The van der Waals surface area contributed by atoms with Crippen LogP contribution in [0.3, 0.4) is 0 Å². The molecule has 0 spiro atoms. The molecule has 0 aliphatic rings. The van der Waals surface area contributed by atoms with Crippen LogP contribution < -0.4 is 5.32 Å². The van der Waals surface area contributed by atoms with Crippen molar-refractivity contribution >= 4 is 10.1 Å². The molecule has 13 heavy (non-hydrogen) atoms. The fourth-order valence-corrected chi connectivity index (χ4v) is 1.43. The van der Waals surface area contributed by atoms with Crippen LogP contribution in [0.2, 0.25) is 0 Å². The van der Waals surface area contributed by atoms with Crippen LogP contribution >= 0.6 is 0 Å². The van der Waals surface area contributed by atoms with Crippen LogP contribution in [0.25, 0.3) is 0 Å². The van der Waals surface area contributed by atoms with Crippen molar-refractivity contribution in [2.75, 3.05) is 19.8 Å². The molecule has 0 fully saturated rings. The lowest BCUT2D eigenvalue weighted by atomic mass is 10.2. The maximum Gasteiger partial charge on any atom is 0.269 e. The molecule has 0 saturated carbocycles. The molecule has 2 unspecified atom stereocenters. The molecule has 6 nitrogen and oxygen atoms in total. The molecule has 7 heteroatoms. The van der Waals surface area contributed by atoms with Gasteiger partial charge >= 0.3 is 0 Å². The number of hydrogen-bond acceptors (Lipinski definition) is 5. The first-order valence-corrected chi connectivity index (χ1v) is 5.35. The molecule has 0 saturated heterocycles. The summed E-state index contributed by atoms with van der Waals surface area (Å²) in [7, 11) is -4.15. The SMILES string of the molecule is CC(C(CO)NCCO)S(=O)(=O)O. The van der Waals surface area contributed by atoms with Gasteiger partial charge < -0.3 is 15.5 Å². The van der Waals surface area contributed by atoms with Crippen molar-refractivity contribution in [1.29, 1.82) is 0 Å². The third-order valence-corrected chi connectivity index (χ3v) is 3.02. The minimum Gasteiger partial charge on any atom is -0.395 e. The first-order valence-electron chi connectivity index (χ1n) is 3.85. The van der Waals surface area contributed by atoms with E-state index in [0.717, 1.165) is 0 Å². The third kappa shape index (κ3) is 4.53. The molecule has 80 valence electrons. The molecule has 0 aliphatic heterocycles. The highest BCUT2D eigenvalue weighted by Crippen LogP contribution is 2.03. The molecule has 4 N–H and O–H groups in total. The van der Waals surface area contributed by atoms with Gasteiger partial charge in [-0.15, -0.1) is 0 Å². The van der Waals surface area contributed by atoms with Crippen molar-refractivity contribution in [3.05, 3.63) is 0 Å². The van der Waals surface area contributed by atoms with E-state index in [1.54, 1.807) is 0 Å². The number of aliphatic hydroxyl groups is 2. The van der Waals surface area contributed by atoms with E-state index < -0.39 is 28.0 Å². The fraction of sp³-hybridized carbons (Fsp3) is 1.00. The Morgan fingerprint density at radius 2 is 1.92 bits per heavy atom. The summed E-state index contributed by atoms with van der Waals surface area (Å²) < 4.78 is 29.9. The molecule has 0 heterocycles. The fourth-order valence-electron chi connectivity index (χ4n) is 0.836. The zero-order chi connectivity index (χ0) is 10.5. The molecule has 0 aliphatic carbocycles. The standard InChI is InChI=1S/C6H15NO5S/c1-5(13(10,11)12)6(4-9)7-2-3-8/h5-9H,2-4H2,1H3,(H,10,11,12). The summed E-state index contributed by atoms with van der Waals surface area (Å²) in [5.41, 5.74) is 0. The van der Waals surface area contributed by atoms with Crippen molar-refractivity contribution in [3.8, 4) is 0 Å². The van der Waals surface area contributed by atoms with Gasteiger partial charge in [-0.3, -0.25) is 4.55 Å². The van der Waals surface area contributed by atoms with Gasteiger partial charge in [-0.25, -0.2) is 0 Å². The Labute approximate surface area is 77.3 Å². The average Bonchev–Trinajstić information content (AvgIpc) is 2.04. The second kappa shape index (κ2) is 5.51. The van der Waals surface area contributed by atoms with Gasteiger partial charge in [0.25, 0.3) is 10.1 Å². The largest absolute Gasteiger partial charge is 0.395 e. The normalized spacial score (nSPS) is 16.9. The average molecular weight is 213 g/mol. The van der Waals surface area contributed by atoms with E-state index in [2.05, 4.69) is 5.32 Å². The highest BCUT2D eigenvalue weighted by molar-refractivity contribution is 7.86. The Bertz CT molecular complexity index is 227. The zero-order valence-corrected chi connectivity index (χ0v) is 8.16. The van der Waals surface area contributed by atoms with Gasteiger partial charge in [0, 0.05) is 12.6 Å².